The van der Waals surface area contributed by atoms with Crippen LogP contribution in [0.3, 0.4) is 0 Å². The first-order chi connectivity index (χ1) is 15.9. The maximum Gasteiger partial charge on any atom is 0.271 e. The molecule has 1 heterocycles. The number of ether oxygens (including phenoxy) is 3. The van der Waals surface area contributed by atoms with Crippen LogP contribution in [0.2, 0.25) is 0 Å². The standard InChI is InChI=1S/C25H23FN2O5/c1-16-19(24(29)28(10-11-31-2)25(30)20(16)14-27)12-17-8-9-22(23(13-17)32-3)33-15-18-6-4-5-7-21(18)26/h4-9,12-13H,10-11,15H2,1-3H3/b19-12+. The zero-order valence-corrected chi connectivity index (χ0v) is 18.6. The van der Waals surface area contributed by atoms with Gasteiger partial charge in [0.15, 0.2) is 11.5 Å². The second-order valence-electron chi connectivity index (χ2n) is 7.21. The van der Waals surface area contributed by atoms with Gasteiger partial charge < -0.3 is 14.2 Å². The van der Waals surface area contributed by atoms with E-state index in [1.54, 1.807) is 49.4 Å². The highest BCUT2D eigenvalue weighted by Crippen LogP contribution is 2.32. The van der Waals surface area contributed by atoms with Crippen LogP contribution in [-0.4, -0.2) is 44.1 Å². The molecule has 2 aromatic carbocycles. The summed E-state index contributed by atoms with van der Waals surface area (Å²) in [5, 5.41) is 9.45. The third-order valence-electron chi connectivity index (χ3n) is 5.18. The van der Waals surface area contributed by atoms with E-state index in [1.807, 2.05) is 6.07 Å². The van der Waals surface area contributed by atoms with Crippen molar-refractivity contribution >= 4 is 17.9 Å². The van der Waals surface area contributed by atoms with Crippen LogP contribution in [-0.2, 0) is 20.9 Å². The highest BCUT2D eigenvalue weighted by Gasteiger charge is 2.35. The molecule has 0 aromatic heterocycles. The van der Waals surface area contributed by atoms with Crippen molar-refractivity contribution in [1.82, 2.24) is 4.90 Å². The summed E-state index contributed by atoms with van der Waals surface area (Å²) in [4.78, 5) is 26.5. The predicted molar refractivity (Wildman–Crippen MR) is 119 cm³/mol. The lowest BCUT2D eigenvalue weighted by atomic mass is 9.93. The van der Waals surface area contributed by atoms with Crippen molar-refractivity contribution in [1.29, 1.82) is 5.26 Å². The zero-order chi connectivity index (χ0) is 24.0. The molecule has 0 bridgehead atoms. The smallest absolute Gasteiger partial charge is 0.271 e. The number of carbonyl (C=O) groups is 2. The van der Waals surface area contributed by atoms with Gasteiger partial charge in [-0.25, -0.2) is 4.39 Å². The number of amides is 2. The number of methoxy groups -OCH3 is 2. The Morgan fingerprint density at radius 2 is 1.85 bits per heavy atom. The molecule has 0 atom stereocenters. The largest absolute Gasteiger partial charge is 0.493 e. The lowest BCUT2D eigenvalue weighted by Crippen LogP contribution is -2.44. The van der Waals surface area contributed by atoms with Gasteiger partial charge in [-0.3, -0.25) is 14.5 Å². The molecule has 8 heteroatoms. The van der Waals surface area contributed by atoms with E-state index in [-0.39, 0.29) is 36.7 Å². The molecule has 1 aliphatic rings. The summed E-state index contributed by atoms with van der Waals surface area (Å²) in [6.07, 6.45) is 1.59. The van der Waals surface area contributed by atoms with E-state index in [0.29, 0.717) is 28.2 Å². The number of hydrogen-bond acceptors (Lipinski definition) is 6. The minimum Gasteiger partial charge on any atom is -0.493 e. The molecular weight excluding hydrogens is 427 g/mol. The van der Waals surface area contributed by atoms with E-state index in [1.165, 1.54) is 20.3 Å². The van der Waals surface area contributed by atoms with Crippen LogP contribution in [0, 0.1) is 17.1 Å². The minimum atomic E-state index is -0.635. The van der Waals surface area contributed by atoms with Crippen molar-refractivity contribution in [3.63, 3.8) is 0 Å². The number of benzene rings is 2. The van der Waals surface area contributed by atoms with Crippen molar-refractivity contribution in [3.8, 4) is 17.6 Å². The third-order valence-corrected chi connectivity index (χ3v) is 5.18. The first kappa shape index (κ1) is 23.7. The van der Waals surface area contributed by atoms with E-state index in [4.69, 9.17) is 14.2 Å². The molecule has 170 valence electrons. The molecule has 0 spiro atoms. The van der Waals surface area contributed by atoms with Crippen LogP contribution < -0.4 is 9.47 Å². The maximum absolute atomic E-state index is 13.9. The van der Waals surface area contributed by atoms with Gasteiger partial charge in [-0.1, -0.05) is 24.3 Å². The highest BCUT2D eigenvalue weighted by molar-refractivity contribution is 6.19. The summed E-state index contributed by atoms with van der Waals surface area (Å²) < 4.78 is 30.0. The van der Waals surface area contributed by atoms with Crippen LogP contribution in [0.15, 0.2) is 59.2 Å². The van der Waals surface area contributed by atoms with Crippen LogP contribution in [0.25, 0.3) is 6.08 Å². The van der Waals surface area contributed by atoms with Gasteiger partial charge in [0.1, 0.15) is 24.1 Å². The van der Waals surface area contributed by atoms with Gasteiger partial charge in [0.05, 0.1) is 20.3 Å². The Hall–Kier alpha value is -3.96. The Balaban J connectivity index is 1.92. The summed E-state index contributed by atoms with van der Waals surface area (Å²) in [6.45, 7) is 1.78. The molecule has 0 radical (unpaired) electrons. The molecule has 0 N–H and O–H groups in total. The van der Waals surface area contributed by atoms with Gasteiger partial charge >= 0.3 is 0 Å². The average molecular weight is 450 g/mol. The molecule has 33 heavy (non-hydrogen) atoms. The van der Waals surface area contributed by atoms with Gasteiger partial charge in [-0.15, -0.1) is 0 Å². The molecule has 2 aromatic rings. The average Bonchev–Trinajstić information content (AvgIpc) is 2.82. The fourth-order valence-electron chi connectivity index (χ4n) is 3.35. The fraction of sp³-hybridized carbons (Fsp3) is 0.240. The molecule has 0 saturated heterocycles. The number of halogens is 1. The topological polar surface area (TPSA) is 88.9 Å². The summed E-state index contributed by atoms with van der Waals surface area (Å²) in [6, 6.07) is 13.2. The van der Waals surface area contributed by atoms with Crippen molar-refractivity contribution in [2.45, 2.75) is 13.5 Å². The first-order valence-electron chi connectivity index (χ1n) is 10.1. The Bertz CT molecular complexity index is 1180. The molecule has 0 saturated carbocycles. The molecule has 3 rings (SSSR count). The Kier molecular flexibility index (Phi) is 7.59. The predicted octanol–water partition coefficient (Wildman–Crippen LogP) is 3.65. The van der Waals surface area contributed by atoms with Gasteiger partial charge in [0, 0.05) is 18.2 Å². The van der Waals surface area contributed by atoms with Crippen LogP contribution >= 0.6 is 0 Å². The van der Waals surface area contributed by atoms with Gasteiger partial charge in [-0.05, 0) is 42.3 Å². The zero-order valence-electron chi connectivity index (χ0n) is 18.6. The van der Waals surface area contributed by atoms with Crippen LogP contribution in [0.1, 0.15) is 18.1 Å². The number of nitrogens with zero attached hydrogens (tertiary/aromatic N) is 2. The van der Waals surface area contributed by atoms with Gasteiger partial charge in [0.2, 0.25) is 0 Å². The Morgan fingerprint density at radius 1 is 1.09 bits per heavy atom. The number of rotatable bonds is 8. The van der Waals surface area contributed by atoms with E-state index in [0.717, 1.165) is 4.90 Å². The summed E-state index contributed by atoms with van der Waals surface area (Å²) in [7, 11) is 2.93. The molecule has 1 aliphatic heterocycles. The second kappa shape index (κ2) is 10.6. The summed E-state index contributed by atoms with van der Waals surface area (Å²) >= 11 is 0. The van der Waals surface area contributed by atoms with E-state index in [9.17, 15) is 19.2 Å². The lowest BCUT2D eigenvalue weighted by molar-refractivity contribution is -0.141. The van der Waals surface area contributed by atoms with Gasteiger partial charge in [-0.2, -0.15) is 5.26 Å². The highest BCUT2D eigenvalue weighted by atomic mass is 19.1. The fourth-order valence-corrected chi connectivity index (χ4v) is 3.35. The van der Waals surface area contributed by atoms with Crippen molar-refractivity contribution < 1.29 is 28.2 Å². The molecule has 0 aliphatic carbocycles. The van der Waals surface area contributed by atoms with Crippen molar-refractivity contribution in [2.75, 3.05) is 27.4 Å². The molecule has 7 nitrogen and oxygen atoms in total. The van der Waals surface area contributed by atoms with Crippen molar-refractivity contribution in [2.24, 2.45) is 0 Å². The van der Waals surface area contributed by atoms with Crippen LogP contribution in [0.4, 0.5) is 4.39 Å². The first-order valence-corrected chi connectivity index (χ1v) is 10.1. The second-order valence-corrected chi connectivity index (χ2v) is 7.21. The molecular formula is C25H23FN2O5. The number of imide groups is 1. The summed E-state index contributed by atoms with van der Waals surface area (Å²) in [5.41, 5.74) is 1.45. The molecule has 0 unspecified atom stereocenters. The quantitative estimate of drug-likeness (QED) is 0.451. The van der Waals surface area contributed by atoms with Gasteiger partial charge in [0.25, 0.3) is 11.8 Å². The minimum absolute atomic E-state index is 0.0197. The van der Waals surface area contributed by atoms with E-state index >= 15 is 0 Å². The number of nitriles is 1. The van der Waals surface area contributed by atoms with Crippen molar-refractivity contribution in [3.05, 3.63) is 76.1 Å². The normalized spacial score (nSPS) is 15.1. The lowest BCUT2D eigenvalue weighted by Gasteiger charge is -2.27. The Morgan fingerprint density at radius 3 is 2.52 bits per heavy atom. The molecule has 2 amide bonds. The summed E-state index contributed by atoms with van der Waals surface area (Å²) in [5.74, 6) is -0.717. The third kappa shape index (κ3) is 5.10. The SMILES string of the molecule is COCCN1C(=O)C(C#N)=C(C)/C(=C\c2ccc(OCc3ccccc3F)c(OC)c2)C1=O. The van der Waals surface area contributed by atoms with Crippen LogP contribution in [0.5, 0.6) is 11.5 Å². The Labute approximate surface area is 191 Å². The molecule has 0 fully saturated rings. The van der Waals surface area contributed by atoms with E-state index in [2.05, 4.69) is 0 Å². The maximum atomic E-state index is 13.9. The van der Waals surface area contributed by atoms with E-state index < -0.39 is 11.8 Å². The monoisotopic (exact) mass is 450 g/mol. The number of carbonyl (C=O) groups excluding carboxylic acids is 2. The number of hydrogen-bond donors (Lipinski definition) is 0.